The van der Waals surface area contributed by atoms with E-state index in [2.05, 4.69) is 196 Å². The summed E-state index contributed by atoms with van der Waals surface area (Å²) < 4.78 is 0. The van der Waals surface area contributed by atoms with Crippen LogP contribution in [0.25, 0.3) is 44.5 Å². The number of anilines is 3. The molecule has 0 fully saturated rings. The zero-order valence-electron chi connectivity index (χ0n) is 28.5. The lowest BCUT2D eigenvalue weighted by molar-refractivity contribution is 0.660. The molecule has 49 heavy (non-hydrogen) atoms. The molecule has 0 heterocycles. The molecule has 2 aliphatic carbocycles. The van der Waals surface area contributed by atoms with Crippen LogP contribution in [0.4, 0.5) is 17.1 Å². The topological polar surface area (TPSA) is 3.24 Å². The molecule has 0 atom stereocenters. The van der Waals surface area contributed by atoms with Crippen molar-refractivity contribution in [3.05, 3.63) is 186 Å². The Morgan fingerprint density at radius 3 is 1.61 bits per heavy atom. The average molecular weight is 630 g/mol. The van der Waals surface area contributed by atoms with E-state index in [1.807, 2.05) is 0 Å². The molecule has 0 spiro atoms. The summed E-state index contributed by atoms with van der Waals surface area (Å²) in [7, 11) is 0. The molecule has 0 saturated heterocycles. The van der Waals surface area contributed by atoms with Gasteiger partial charge >= 0.3 is 0 Å². The third kappa shape index (κ3) is 4.53. The molecule has 0 N–H and O–H groups in total. The zero-order chi connectivity index (χ0) is 33.3. The van der Waals surface area contributed by atoms with E-state index in [4.69, 9.17) is 0 Å². The van der Waals surface area contributed by atoms with Crippen molar-refractivity contribution in [3.8, 4) is 44.5 Å². The van der Waals surface area contributed by atoms with E-state index in [-0.39, 0.29) is 10.8 Å². The lowest BCUT2D eigenvalue weighted by Crippen LogP contribution is -2.17. The minimum Gasteiger partial charge on any atom is -0.310 e. The van der Waals surface area contributed by atoms with Crippen LogP contribution in [0.3, 0.4) is 0 Å². The van der Waals surface area contributed by atoms with Gasteiger partial charge in [0.1, 0.15) is 0 Å². The number of fused-ring (bicyclic) bond motifs is 6. The molecule has 2 aliphatic rings. The molecular formula is C48H39N. The SMILES string of the molecule is CC1(C)c2cc(-c3ccccc3)ccc2-c2ccc(N(c3ccccc3)c3ccc(-c4cccc5c4C(C)(C)c4ccccc4-5)cc3)cc21. The molecule has 7 aromatic rings. The molecule has 0 bridgehead atoms. The van der Waals surface area contributed by atoms with Crippen molar-refractivity contribution in [1.29, 1.82) is 0 Å². The van der Waals surface area contributed by atoms with E-state index in [1.54, 1.807) is 0 Å². The van der Waals surface area contributed by atoms with Crippen LogP contribution in [0.1, 0.15) is 49.9 Å². The molecule has 0 aliphatic heterocycles. The van der Waals surface area contributed by atoms with Gasteiger partial charge in [-0.05, 0) is 109 Å². The summed E-state index contributed by atoms with van der Waals surface area (Å²) in [6.07, 6.45) is 0. The molecule has 7 aromatic carbocycles. The van der Waals surface area contributed by atoms with Crippen LogP contribution in [-0.4, -0.2) is 0 Å². The van der Waals surface area contributed by atoms with Crippen LogP contribution in [-0.2, 0) is 10.8 Å². The molecule has 0 radical (unpaired) electrons. The first-order valence-electron chi connectivity index (χ1n) is 17.4. The summed E-state index contributed by atoms with van der Waals surface area (Å²) in [5.41, 5.74) is 19.3. The van der Waals surface area contributed by atoms with E-state index in [0.717, 1.165) is 11.4 Å². The molecule has 1 nitrogen and oxygen atoms in total. The highest BCUT2D eigenvalue weighted by atomic mass is 15.1. The minimum atomic E-state index is -0.129. The summed E-state index contributed by atoms with van der Waals surface area (Å²) in [5.74, 6) is 0. The van der Waals surface area contributed by atoms with E-state index >= 15 is 0 Å². The molecule has 0 saturated carbocycles. The number of hydrogen-bond donors (Lipinski definition) is 0. The van der Waals surface area contributed by atoms with Crippen LogP contribution in [0.2, 0.25) is 0 Å². The van der Waals surface area contributed by atoms with Crippen LogP contribution in [0, 0.1) is 0 Å². The van der Waals surface area contributed by atoms with Gasteiger partial charge in [-0.1, -0.05) is 149 Å². The summed E-state index contributed by atoms with van der Waals surface area (Å²) in [5, 5.41) is 0. The minimum absolute atomic E-state index is 0.0616. The Hall–Kier alpha value is -5.66. The van der Waals surface area contributed by atoms with Crippen molar-refractivity contribution in [2.75, 3.05) is 4.90 Å². The Bertz CT molecular complexity index is 2360. The van der Waals surface area contributed by atoms with Gasteiger partial charge in [0.05, 0.1) is 0 Å². The predicted molar refractivity (Wildman–Crippen MR) is 207 cm³/mol. The molecule has 9 rings (SSSR count). The Kier molecular flexibility index (Phi) is 6.58. The fraction of sp³-hybridized carbons (Fsp3) is 0.125. The van der Waals surface area contributed by atoms with Gasteiger partial charge in [-0.2, -0.15) is 0 Å². The summed E-state index contributed by atoms with van der Waals surface area (Å²) in [4.78, 5) is 2.40. The highest BCUT2D eigenvalue weighted by molar-refractivity contribution is 5.90. The molecule has 0 amide bonds. The molecular weight excluding hydrogens is 591 g/mol. The molecule has 0 aromatic heterocycles. The van der Waals surface area contributed by atoms with Crippen molar-refractivity contribution in [1.82, 2.24) is 0 Å². The smallest absolute Gasteiger partial charge is 0.0465 e. The van der Waals surface area contributed by atoms with Crippen LogP contribution < -0.4 is 4.90 Å². The van der Waals surface area contributed by atoms with Gasteiger partial charge in [-0.25, -0.2) is 0 Å². The van der Waals surface area contributed by atoms with Crippen molar-refractivity contribution in [2.24, 2.45) is 0 Å². The van der Waals surface area contributed by atoms with E-state index in [0.29, 0.717) is 0 Å². The molecule has 1 heteroatoms. The highest BCUT2D eigenvalue weighted by Gasteiger charge is 2.38. The predicted octanol–water partition coefficient (Wildman–Crippen LogP) is 13.1. The first kappa shape index (κ1) is 29.5. The lowest BCUT2D eigenvalue weighted by atomic mass is 9.79. The number of benzene rings is 7. The summed E-state index contributed by atoms with van der Waals surface area (Å²) in [6.45, 7) is 9.47. The van der Waals surface area contributed by atoms with Gasteiger partial charge in [-0.3, -0.25) is 0 Å². The second-order valence-electron chi connectivity index (χ2n) is 14.6. The Morgan fingerprint density at radius 2 is 0.857 bits per heavy atom. The van der Waals surface area contributed by atoms with Crippen LogP contribution in [0.15, 0.2) is 164 Å². The Morgan fingerprint density at radius 1 is 0.327 bits per heavy atom. The van der Waals surface area contributed by atoms with Gasteiger partial charge in [0.25, 0.3) is 0 Å². The van der Waals surface area contributed by atoms with Crippen LogP contribution in [0.5, 0.6) is 0 Å². The van der Waals surface area contributed by atoms with Gasteiger partial charge in [0.2, 0.25) is 0 Å². The van der Waals surface area contributed by atoms with Crippen molar-refractivity contribution in [3.63, 3.8) is 0 Å². The largest absolute Gasteiger partial charge is 0.310 e. The van der Waals surface area contributed by atoms with Crippen molar-refractivity contribution >= 4 is 17.1 Å². The highest BCUT2D eigenvalue weighted by Crippen LogP contribution is 2.53. The van der Waals surface area contributed by atoms with Gasteiger partial charge < -0.3 is 4.90 Å². The number of hydrogen-bond acceptors (Lipinski definition) is 1. The van der Waals surface area contributed by atoms with Gasteiger partial charge in [-0.15, -0.1) is 0 Å². The Labute approximate surface area is 290 Å². The van der Waals surface area contributed by atoms with Crippen molar-refractivity contribution in [2.45, 2.75) is 38.5 Å². The molecule has 236 valence electrons. The second-order valence-corrected chi connectivity index (χ2v) is 14.6. The fourth-order valence-electron chi connectivity index (χ4n) is 8.58. The second kappa shape index (κ2) is 10.9. The average Bonchev–Trinajstić information content (AvgIpc) is 3.52. The number of nitrogens with zero attached hydrogens (tertiary/aromatic N) is 1. The fourth-order valence-corrected chi connectivity index (χ4v) is 8.58. The zero-order valence-corrected chi connectivity index (χ0v) is 28.5. The van der Waals surface area contributed by atoms with Gasteiger partial charge in [0.15, 0.2) is 0 Å². The summed E-state index contributed by atoms with van der Waals surface area (Å²) in [6, 6.07) is 60.4. The summed E-state index contributed by atoms with van der Waals surface area (Å²) >= 11 is 0. The standard InChI is InChI=1S/C48H39N/c1-47(2)44-30-34(32-14-7-5-8-15-32)24-28-40(44)41-29-27-37(31-45(41)47)49(35-16-9-6-10-17-35)36-25-22-33(23-26-36)38-19-13-20-42-39-18-11-12-21-43(39)48(3,4)46(38)42/h5-31H,1-4H3. The van der Waals surface area contributed by atoms with Gasteiger partial charge in [0, 0.05) is 27.9 Å². The number of para-hydroxylation sites is 1. The first-order chi connectivity index (χ1) is 23.8. The third-order valence-corrected chi connectivity index (χ3v) is 11.1. The maximum Gasteiger partial charge on any atom is 0.0465 e. The van der Waals surface area contributed by atoms with E-state index in [1.165, 1.54) is 72.4 Å². The van der Waals surface area contributed by atoms with E-state index < -0.39 is 0 Å². The monoisotopic (exact) mass is 629 g/mol. The number of rotatable bonds is 5. The van der Waals surface area contributed by atoms with Crippen molar-refractivity contribution < 1.29 is 0 Å². The maximum atomic E-state index is 2.42. The van der Waals surface area contributed by atoms with E-state index in [9.17, 15) is 0 Å². The van der Waals surface area contributed by atoms with Crippen LogP contribution >= 0.6 is 0 Å². The Balaban J connectivity index is 1.12. The lowest BCUT2D eigenvalue weighted by Gasteiger charge is -2.28. The first-order valence-corrected chi connectivity index (χ1v) is 17.4. The third-order valence-electron chi connectivity index (χ3n) is 11.1. The molecule has 0 unspecified atom stereocenters. The normalized spacial score (nSPS) is 14.4. The quantitative estimate of drug-likeness (QED) is 0.183. The maximum absolute atomic E-state index is 2.42.